The van der Waals surface area contributed by atoms with Gasteiger partial charge in [0.15, 0.2) is 6.10 Å². The molecule has 476 valence electrons. The maximum Gasteiger partial charge on any atom is 0.472 e. The van der Waals surface area contributed by atoms with E-state index in [-0.39, 0.29) is 19.3 Å². The summed E-state index contributed by atoms with van der Waals surface area (Å²) < 4.78 is 60.8. The van der Waals surface area contributed by atoms with Crippen molar-refractivity contribution < 1.29 is 75.8 Å². The van der Waals surface area contributed by atoms with Crippen LogP contribution < -0.4 is 0 Å². The van der Waals surface area contributed by atoms with Crippen molar-refractivity contribution in [1.82, 2.24) is 0 Å². The highest BCUT2D eigenvalue weighted by atomic mass is 31.2. The second-order valence-corrected chi connectivity index (χ2v) is 24.8. The molecule has 18 heteroatoms. The molecule has 0 aliphatic rings. The highest BCUT2D eigenvalue weighted by Crippen LogP contribution is 2.45. The third kappa shape index (κ3) is 59.3. The normalized spacial score (nSPS) is 14.6. The minimum absolute atomic E-state index is 0.114. The average molecular weight is 1190 g/mol. The van der Waals surface area contributed by atoms with Gasteiger partial charge in [-0.2, -0.15) is 0 Å². The predicted octanol–water partition coefficient (Wildman–Crippen LogP) is 17.1. The molecule has 0 fully saturated rings. The van der Waals surface area contributed by atoms with Crippen LogP contribution in [-0.2, 0) is 55.8 Å². The quantitative estimate of drug-likeness (QED) is 0.0146. The Hall–Kier alpha value is -2.23. The molecule has 0 amide bonds. The first kappa shape index (κ1) is 78.8. The second-order valence-electron chi connectivity index (χ2n) is 21.9. The first-order chi connectivity index (χ1) is 39.2. The van der Waals surface area contributed by atoms with Crippen molar-refractivity contribution in [2.45, 2.75) is 309 Å². The van der Waals surface area contributed by atoms with E-state index in [9.17, 15) is 43.5 Å². The molecule has 16 nitrogen and oxygen atoms in total. The molecule has 0 spiro atoms. The lowest BCUT2D eigenvalue weighted by molar-refractivity contribution is -0.161. The third-order valence-corrected chi connectivity index (χ3v) is 15.8. The summed E-state index contributed by atoms with van der Waals surface area (Å²) >= 11 is 0. The van der Waals surface area contributed by atoms with Gasteiger partial charge in [-0.25, -0.2) is 9.13 Å². The van der Waals surface area contributed by atoms with E-state index in [1.165, 1.54) is 141 Å². The Balaban J connectivity index is 4.68. The second kappa shape index (κ2) is 58.2. The first-order valence-corrected chi connectivity index (χ1v) is 35.3. The number of unbranched alkanes of at least 4 members (excludes halogenated alkanes) is 33. The van der Waals surface area contributed by atoms with Crippen molar-refractivity contribution in [2.24, 2.45) is 0 Å². The Morgan fingerprint density at radius 3 is 1.04 bits per heavy atom. The van der Waals surface area contributed by atoms with Crippen LogP contribution in [0.3, 0.4) is 0 Å². The molecule has 0 aliphatic carbocycles. The molecule has 0 saturated heterocycles. The van der Waals surface area contributed by atoms with E-state index in [4.69, 9.17) is 32.3 Å². The summed E-state index contributed by atoms with van der Waals surface area (Å²) in [6.45, 7) is 2.58. The third-order valence-electron chi connectivity index (χ3n) is 13.9. The topological polar surface area (TPSA) is 231 Å². The molecule has 0 aromatic heterocycles. The van der Waals surface area contributed by atoms with Gasteiger partial charge in [-0.1, -0.05) is 256 Å². The molecule has 5 atom stereocenters. The van der Waals surface area contributed by atoms with Crippen molar-refractivity contribution in [3.63, 3.8) is 0 Å². The van der Waals surface area contributed by atoms with Crippen molar-refractivity contribution >= 4 is 33.6 Å². The van der Waals surface area contributed by atoms with Gasteiger partial charge in [-0.15, -0.1) is 0 Å². The molecule has 81 heavy (non-hydrogen) atoms. The lowest BCUT2D eigenvalue weighted by Crippen LogP contribution is -2.30. The number of allylic oxidation sites excluding steroid dienone is 6. The van der Waals surface area contributed by atoms with Crippen LogP contribution in [0.1, 0.15) is 290 Å². The number of carbonyl (C=O) groups is 3. The average Bonchev–Trinajstić information content (AvgIpc) is 3.45. The molecule has 0 aromatic rings. The van der Waals surface area contributed by atoms with E-state index in [0.29, 0.717) is 19.3 Å². The molecule has 0 radical (unpaired) electrons. The summed E-state index contributed by atoms with van der Waals surface area (Å²) in [5.74, 6) is -1.57. The fourth-order valence-corrected chi connectivity index (χ4v) is 10.5. The summed E-state index contributed by atoms with van der Waals surface area (Å²) in [7, 11) is -9.75. The van der Waals surface area contributed by atoms with Crippen LogP contribution in [0.2, 0.25) is 0 Å². The van der Waals surface area contributed by atoms with E-state index < -0.39 is 91.5 Å². The van der Waals surface area contributed by atoms with E-state index in [2.05, 4.69) is 57.2 Å². The van der Waals surface area contributed by atoms with Crippen molar-refractivity contribution in [1.29, 1.82) is 0 Å². The van der Waals surface area contributed by atoms with Gasteiger partial charge in [0.1, 0.15) is 25.4 Å². The monoisotopic (exact) mass is 1190 g/mol. The molecule has 0 aromatic carbocycles. The number of phosphoric acid groups is 2. The summed E-state index contributed by atoms with van der Waals surface area (Å²) in [4.78, 5) is 58.2. The van der Waals surface area contributed by atoms with Gasteiger partial charge in [-0.3, -0.25) is 32.5 Å². The first-order valence-electron chi connectivity index (χ1n) is 32.3. The Bertz CT molecular complexity index is 1640. The molecule has 0 aliphatic heterocycles. The van der Waals surface area contributed by atoms with Crippen LogP contribution >= 0.6 is 15.6 Å². The van der Waals surface area contributed by atoms with Gasteiger partial charge in [0.2, 0.25) is 0 Å². The summed E-state index contributed by atoms with van der Waals surface area (Å²) in [5.41, 5.74) is 0. The van der Waals surface area contributed by atoms with Crippen LogP contribution in [0.25, 0.3) is 0 Å². The SMILES string of the molecule is CC/C=C\C/C=C\C/C=C\CCCCCCCC(=O)OCC(O)COP(=O)(O)OCC(O)COP(=O)(O)OCC(COC(=O)CCCCCCCCCCCCCCCCC)OC(=O)CCCCCCCCCCCCCCCCC. The van der Waals surface area contributed by atoms with Crippen LogP contribution in [0, 0.1) is 0 Å². The van der Waals surface area contributed by atoms with Crippen molar-refractivity contribution in [3.05, 3.63) is 36.5 Å². The van der Waals surface area contributed by atoms with Gasteiger partial charge in [0.05, 0.1) is 26.4 Å². The van der Waals surface area contributed by atoms with E-state index in [1.54, 1.807) is 0 Å². The maximum atomic E-state index is 12.9. The van der Waals surface area contributed by atoms with Gasteiger partial charge in [0.25, 0.3) is 0 Å². The van der Waals surface area contributed by atoms with Gasteiger partial charge in [0, 0.05) is 19.3 Å². The minimum atomic E-state index is -4.91. The standard InChI is InChI=1S/C63H118O16P2/c1-4-7-10-13-16-19-22-25-28-31-34-37-40-43-46-49-61(66)73-52-58(64)53-75-80(69,70)76-54-59(65)55-77-81(71,72)78-57-60(79-63(68)51-48-45-42-39-36-33-30-27-24-21-18-15-12-9-6-3)56-74-62(67)50-47-44-41-38-35-32-29-26-23-20-17-14-11-8-5-2/h7,10,16,19,25,28,58-60,64-65H,4-6,8-9,11-15,17-18,20-24,26-27,29-57H2,1-3H3,(H,69,70)(H,71,72)/b10-7-,19-16-,28-25-. The van der Waals surface area contributed by atoms with Crippen molar-refractivity contribution in [2.75, 3.05) is 39.6 Å². The maximum absolute atomic E-state index is 12.9. The fourth-order valence-electron chi connectivity index (χ4n) is 8.94. The Labute approximate surface area is 492 Å². The molecular weight excluding hydrogens is 1070 g/mol. The van der Waals surface area contributed by atoms with Crippen LogP contribution in [0.4, 0.5) is 0 Å². The van der Waals surface area contributed by atoms with Crippen LogP contribution in [0.5, 0.6) is 0 Å². The number of ether oxygens (including phenoxy) is 3. The van der Waals surface area contributed by atoms with Gasteiger partial charge in [-0.05, 0) is 51.4 Å². The predicted molar refractivity (Wildman–Crippen MR) is 326 cm³/mol. The number of rotatable bonds is 62. The summed E-state index contributed by atoms with van der Waals surface area (Å²) in [6.07, 6.45) is 53.4. The number of hydrogen-bond donors (Lipinski definition) is 4. The zero-order valence-corrected chi connectivity index (χ0v) is 53.0. The largest absolute Gasteiger partial charge is 0.472 e. The summed E-state index contributed by atoms with van der Waals surface area (Å²) in [5, 5.41) is 20.5. The molecular formula is C63H118O16P2. The Kier molecular flexibility index (Phi) is 56.6. The number of phosphoric ester groups is 2. The number of hydrogen-bond acceptors (Lipinski definition) is 14. The molecule has 0 rings (SSSR count). The Morgan fingerprint density at radius 1 is 0.358 bits per heavy atom. The van der Waals surface area contributed by atoms with E-state index in [0.717, 1.165) is 89.9 Å². The number of carbonyl (C=O) groups excluding carboxylic acids is 3. The molecule has 5 unspecified atom stereocenters. The van der Waals surface area contributed by atoms with E-state index >= 15 is 0 Å². The Morgan fingerprint density at radius 2 is 0.654 bits per heavy atom. The highest BCUT2D eigenvalue weighted by Gasteiger charge is 2.29. The lowest BCUT2D eigenvalue weighted by Gasteiger charge is -2.21. The molecule has 0 bridgehead atoms. The minimum Gasteiger partial charge on any atom is -0.463 e. The summed E-state index contributed by atoms with van der Waals surface area (Å²) in [6, 6.07) is 0. The lowest BCUT2D eigenvalue weighted by atomic mass is 10.0. The zero-order valence-electron chi connectivity index (χ0n) is 51.2. The molecule has 0 saturated carbocycles. The van der Waals surface area contributed by atoms with Crippen molar-refractivity contribution in [3.8, 4) is 0 Å². The number of aliphatic hydroxyl groups is 2. The molecule has 0 heterocycles. The smallest absolute Gasteiger partial charge is 0.463 e. The van der Waals surface area contributed by atoms with Gasteiger partial charge >= 0.3 is 33.6 Å². The number of esters is 3. The van der Waals surface area contributed by atoms with E-state index in [1.807, 2.05) is 0 Å². The fraction of sp³-hybridized carbons (Fsp3) is 0.857. The highest BCUT2D eigenvalue weighted by molar-refractivity contribution is 7.47. The van der Waals surface area contributed by atoms with Gasteiger partial charge < -0.3 is 34.2 Å². The van der Waals surface area contributed by atoms with Crippen LogP contribution in [-0.4, -0.2) is 95.9 Å². The number of aliphatic hydroxyl groups excluding tert-OH is 2. The van der Waals surface area contributed by atoms with Crippen LogP contribution in [0.15, 0.2) is 36.5 Å². The molecule has 4 N–H and O–H groups in total. The zero-order chi connectivity index (χ0) is 59.6.